The van der Waals surface area contributed by atoms with Gasteiger partial charge in [0.15, 0.2) is 6.61 Å². The number of rotatable bonds is 1. The van der Waals surface area contributed by atoms with Crippen molar-refractivity contribution in [3.05, 3.63) is 47.0 Å². The third kappa shape index (κ3) is 2.34. The number of anilines is 1. The number of hydrogen-bond donors (Lipinski definition) is 1. The Morgan fingerprint density at radius 3 is 2.62 bits per heavy atom. The number of carbonyl (C=O) groups excluding carboxylic acids is 1. The molecule has 0 unspecified atom stereocenters. The normalized spacial score (nSPS) is 12.9. The second kappa shape index (κ2) is 4.95. The fourth-order valence-electron chi connectivity index (χ4n) is 2.52. The van der Waals surface area contributed by atoms with E-state index in [0.717, 1.165) is 28.0 Å². The molecular weight excluding hydrogens is 264 g/mol. The van der Waals surface area contributed by atoms with E-state index >= 15 is 0 Å². The number of ether oxygens (including phenoxy) is 1. The van der Waals surface area contributed by atoms with Crippen molar-refractivity contribution in [2.75, 3.05) is 11.9 Å². The highest BCUT2D eigenvalue weighted by atomic mass is 16.5. The summed E-state index contributed by atoms with van der Waals surface area (Å²) in [5.41, 5.74) is 5.28. The zero-order valence-electron chi connectivity index (χ0n) is 11.9. The van der Waals surface area contributed by atoms with Crippen LogP contribution >= 0.6 is 0 Å². The molecule has 2 aromatic rings. The first-order valence-electron chi connectivity index (χ1n) is 6.67. The highest BCUT2D eigenvalue weighted by molar-refractivity contribution is 5.96. The maximum absolute atomic E-state index is 11.5. The summed E-state index contributed by atoms with van der Waals surface area (Å²) in [6, 6.07) is 11.8. The number of nitriles is 1. The van der Waals surface area contributed by atoms with Crippen LogP contribution in [0.4, 0.5) is 5.69 Å². The lowest BCUT2D eigenvalue weighted by Gasteiger charge is -2.21. The van der Waals surface area contributed by atoms with Gasteiger partial charge in [-0.15, -0.1) is 0 Å². The number of hydrogen-bond acceptors (Lipinski definition) is 3. The van der Waals surface area contributed by atoms with Crippen molar-refractivity contribution >= 4 is 11.6 Å². The van der Waals surface area contributed by atoms with Gasteiger partial charge < -0.3 is 10.1 Å². The van der Waals surface area contributed by atoms with E-state index in [2.05, 4.69) is 11.4 Å². The number of aryl methyl sites for hydroxylation is 2. The minimum atomic E-state index is -0.143. The molecule has 4 nitrogen and oxygen atoms in total. The molecule has 4 heteroatoms. The van der Waals surface area contributed by atoms with Gasteiger partial charge in [-0.05, 0) is 54.3 Å². The van der Waals surface area contributed by atoms with Crippen molar-refractivity contribution in [3.63, 3.8) is 0 Å². The highest BCUT2D eigenvalue weighted by Crippen LogP contribution is 2.36. The second-order valence-corrected chi connectivity index (χ2v) is 5.15. The molecule has 21 heavy (non-hydrogen) atoms. The molecule has 1 aliphatic heterocycles. The Kier molecular flexibility index (Phi) is 3.11. The van der Waals surface area contributed by atoms with Crippen molar-refractivity contribution in [2.45, 2.75) is 13.8 Å². The molecule has 0 saturated heterocycles. The summed E-state index contributed by atoms with van der Waals surface area (Å²) in [6.07, 6.45) is 0. The summed E-state index contributed by atoms with van der Waals surface area (Å²) in [4.78, 5) is 11.5. The van der Waals surface area contributed by atoms with Crippen molar-refractivity contribution in [1.82, 2.24) is 0 Å². The summed E-state index contributed by atoms with van der Waals surface area (Å²) in [5.74, 6) is 0.582. The molecular formula is C17H14N2O2. The number of carbonyl (C=O) groups is 1. The Bertz CT molecular complexity index is 788. The van der Waals surface area contributed by atoms with E-state index in [-0.39, 0.29) is 12.5 Å². The van der Waals surface area contributed by atoms with Crippen molar-refractivity contribution in [1.29, 1.82) is 5.26 Å². The summed E-state index contributed by atoms with van der Waals surface area (Å²) in [5, 5.41) is 11.8. The van der Waals surface area contributed by atoms with Crippen LogP contribution in [0.25, 0.3) is 11.1 Å². The van der Waals surface area contributed by atoms with Crippen LogP contribution in [-0.2, 0) is 4.79 Å². The van der Waals surface area contributed by atoms with Gasteiger partial charge in [-0.3, -0.25) is 4.79 Å². The Morgan fingerprint density at radius 1 is 1.14 bits per heavy atom. The lowest BCUT2D eigenvalue weighted by Crippen LogP contribution is -2.25. The first-order chi connectivity index (χ1) is 10.1. The third-order valence-corrected chi connectivity index (χ3v) is 3.58. The van der Waals surface area contributed by atoms with Gasteiger partial charge in [-0.25, -0.2) is 0 Å². The molecule has 0 fully saturated rings. The van der Waals surface area contributed by atoms with Gasteiger partial charge in [-0.1, -0.05) is 12.1 Å². The van der Waals surface area contributed by atoms with Crippen LogP contribution in [-0.4, -0.2) is 12.5 Å². The van der Waals surface area contributed by atoms with Crippen LogP contribution < -0.4 is 10.1 Å². The first-order valence-corrected chi connectivity index (χ1v) is 6.67. The Hall–Kier alpha value is -2.80. The molecule has 104 valence electrons. The number of amides is 1. The minimum absolute atomic E-state index is 0.0587. The number of nitrogens with zero attached hydrogens (tertiary/aromatic N) is 1. The number of benzene rings is 2. The van der Waals surface area contributed by atoms with Gasteiger partial charge in [0.1, 0.15) is 5.75 Å². The molecule has 3 rings (SSSR count). The van der Waals surface area contributed by atoms with Gasteiger partial charge in [0.05, 0.1) is 17.3 Å². The Morgan fingerprint density at radius 2 is 1.90 bits per heavy atom. The predicted octanol–water partition coefficient (Wildman–Crippen LogP) is 3.17. The fraction of sp³-hybridized carbons (Fsp3) is 0.176. The van der Waals surface area contributed by atoms with Gasteiger partial charge in [-0.2, -0.15) is 5.26 Å². The fourth-order valence-corrected chi connectivity index (χ4v) is 2.52. The SMILES string of the molecule is Cc1cc(-c2cc(C)c3c(c2)NC(=O)CO3)ccc1C#N. The minimum Gasteiger partial charge on any atom is -0.481 e. The topological polar surface area (TPSA) is 62.1 Å². The Balaban J connectivity index is 2.10. The number of fused-ring (bicyclic) bond motifs is 1. The maximum atomic E-state index is 11.5. The lowest BCUT2D eigenvalue weighted by atomic mass is 9.98. The molecule has 1 N–H and O–H groups in total. The second-order valence-electron chi connectivity index (χ2n) is 5.15. The zero-order valence-corrected chi connectivity index (χ0v) is 11.9. The smallest absolute Gasteiger partial charge is 0.262 e. The van der Waals surface area contributed by atoms with E-state index in [0.29, 0.717) is 11.3 Å². The number of nitrogens with one attached hydrogen (secondary N) is 1. The zero-order chi connectivity index (χ0) is 15.0. The van der Waals surface area contributed by atoms with Gasteiger partial charge in [0, 0.05) is 0 Å². The van der Waals surface area contributed by atoms with Crippen molar-refractivity contribution in [3.8, 4) is 22.9 Å². The van der Waals surface area contributed by atoms with Crippen LogP contribution in [0.1, 0.15) is 16.7 Å². The molecule has 1 heterocycles. The molecule has 0 spiro atoms. The van der Waals surface area contributed by atoms with Crippen LogP contribution in [0.2, 0.25) is 0 Å². The average molecular weight is 278 g/mol. The Labute approximate surface area is 123 Å². The van der Waals surface area contributed by atoms with E-state index in [1.54, 1.807) is 0 Å². The summed E-state index contributed by atoms with van der Waals surface area (Å²) in [6.45, 7) is 3.93. The van der Waals surface area contributed by atoms with E-state index in [4.69, 9.17) is 10.00 Å². The van der Waals surface area contributed by atoms with E-state index in [1.165, 1.54) is 0 Å². The maximum Gasteiger partial charge on any atom is 0.262 e. The molecule has 0 saturated carbocycles. The first kappa shape index (κ1) is 13.2. The van der Waals surface area contributed by atoms with Crippen LogP contribution in [0, 0.1) is 25.2 Å². The average Bonchev–Trinajstić information content (AvgIpc) is 2.46. The standard InChI is InChI=1S/C17H14N2O2/c1-10-5-12(3-4-13(10)8-18)14-6-11(2)17-15(7-14)19-16(20)9-21-17/h3-7H,9H2,1-2H3,(H,19,20). The van der Waals surface area contributed by atoms with E-state index in [1.807, 2.05) is 44.2 Å². The molecule has 0 atom stereocenters. The van der Waals surface area contributed by atoms with E-state index < -0.39 is 0 Å². The van der Waals surface area contributed by atoms with Crippen LogP contribution in [0.3, 0.4) is 0 Å². The van der Waals surface area contributed by atoms with Crippen LogP contribution in [0.5, 0.6) is 5.75 Å². The highest BCUT2D eigenvalue weighted by Gasteiger charge is 2.19. The lowest BCUT2D eigenvalue weighted by molar-refractivity contribution is -0.118. The van der Waals surface area contributed by atoms with Gasteiger partial charge in [0.2, 0.25) is 0 Å². The molecule has 0 radical (unpaired) electrons. The summed E-state index contributed by atoms with van der Waals surface area (Å²) < 4.78 is 5.46. The molecule has 0 bridgehead atoms. The van der Waals surface area contributed by atoms with Gasteiger partial charge >= 0.3 is 0 Å². The van der Waals surface area contributed by atoms with Crippen molar-refractivity contribution in [2.24, 2.45) is 0 Å². The predicted molar refractivity (Wildman–Crippen MR) is 80.2 cm³/mol. The molecule has 0 aliphatic carbocycles. The molecule has 2 aromatic carbocycles. The summed E-state index contributed by atoms with van der Waals surface area (Å²) >= 11 is 0. The molecule has 1 aliphatic rings. The monoisotopic (exact) mass is 278 g/mol. The van der Waals surface area contributed by atoms with Crippen LogP contribution in [0.15, 0.2) is 30.3 Å². The molecule has 0 aromatic heterocycles. The quantitative estimate of drug-likeness (QED) is 0.871. The van der Waals surface area contributed by atoms with Gasteiger partial charge in [0.25, 0.3) is 5.91 Å². The third-order valence-electron chi connectivity index (χ3n) is 3.58. The van der Waals surface area contributed by atoms with Crippen molar-refractivity contribution < 1.29 is 9.53 Å². The largest absolute Gasteiger partial charge is 0.481 e. The summed E-state index contributed by atoms with van der Waals surface area (Å²) in [7, 11) is 0. The molecule has 1 amide bonds. The van der Waals surface area contributed by atoms with E-state index in [9.17, 15) is 4.79 Å².